The first-order valence-electron chi connectivity index (χ1n) is 13.5. The molecule has 0 fully saturated rings. The lowest BCUT2D eigenvalue weighted by Gasteiger charge is -2.19. The molecular formula is C32H39FN4O4. The highest BCUT2D eigenvalue weighted by atomic mass is 19.1. The van der Waals surface area contributed by atoms with E-state index in [1.807, 2.05) is 46.8 Å². The van der Waals surface area contributed by atoms with Gasteiger partial charge in [-0.15, -0.1) is 0 Å². The minimum Gasteiger partial charge on any atom is -0.497 e. The zero-order valence-electron chi connectivity index (χ0n) is 25.0. The molecule has 2 aromatic carbocycles. The topological polar surface area (TPSA) is 94.5 Å². The Bertz CT molecular complexity index is 1480. The van der Waals surface area contributed by atoms with E-state index in [0.717, 1.165) is 16.8 Å². The fourth-order valence-electron chi connectivity index (χ4n) is 3.63. The minimum atomic E-state index is -0.522. The fourth-order valence-corrected chi connectivity index (χ4v) is 3.63. The summed E-state index contributed by atoms with van der Waals surface area (Å²) in [5.74, 6) is 0.0915. The molecule has 0 saturated carbocycles. The first kappa shape index (κ1) is 32.6. The molecule has 218 valence electrons. The van der Waals surface area contributed by atoms with Crippen LogP contribution in [0.1, 0.15) is 54.9 Å². The van der Waals surface area contributed by atoms with Crippen LogP contribution in [0, 0.1) is 19.7 Å². The highest BCUT2D eigenvalue weighted by Crippen LogP contribution is 2.31. The van der Waals surface area contributed by atoms with Crippen molar-refractivity contribution in [3.05, 3.63) is 105 Å². The molecule has 0 aliphatic rings. The summed E-state index contributed by atoms with van der Waals surface area (Å²) in [4.78, 5) is 30.6. The van der Waals surface area contributed by atoms with Crippen molar-refractivity contribution in [2.75, 3.05) is 12.4 Å². The molecule has 0 saturated heterocycles. The van der Waals surface area contributed by atoms with Crippen LogP contribution in [0.4, 0.5) is 15.9 Å². The number of ether oxygens (including phenoxy) is 2. The van der Waals surface area contributed by atoms with Crippen molar-refractivity contribution >= 4 is 17.4 Å². The third-order valence-corrected chi connectivity index (χ3v) is 5.73. The maximum Gasteiger partial charge on any atom is 0.259 e. The molecular weight excluding hydrogens is 523 g/mol. The summed E-state index contributed by atoms with van der Waals surface area (Å²) in [5.41, 5.74) is 2.06. The summed E-state index contributed by atoms with van der Waals surface area (Å²) in [6, 6.07) is 16.5. The van der Waals surface area contributed by atoms with E-state index in [-0.39, 0.29) is 29.4 Å². The molecule has 0 spiro atoms. The van der Waals surface area contributed by atoms with Gasteiger partial charge < -0.3 is 20.1 Å². The molecule has 2 N–H and O–H groups in total. The van der Waals surface area contributed by atoms with Crippen molar-refractivity contribution in [3.63, 3.8) is 0 Å². The SMILES string of the molecule is CC.CC.COc1ccc(CNC(=O)c2c(Oc3ccc(C)nc3)cc(=O)n(C)c2Nc2ccc(C)cc2F)cc1. The number of rotatable bonds is 8. The number of benzene rings is 2. The summed E-state index contributed by atoms with van der Waals surface area (Å²) < 4.78 is 27.1. The van der Waals surface area contributed by atoms with Crippen LogP contribution in [-0.4, -0.2) is 22.6 Å². The van der Waals surface area contributed by atoms with Crippen LogP contribution in [0.3, 0.4) is 0 Å². The van der Waals surface area contributed by atoms with Crippen LogP contribution in [-0.2, 0) is 13.6 Å². The first-order chi connectivity index (χ1) is 19.7. The summed E-state index contributed by atoms with van der Waals surface area (Å²) >= 11 is 0. The fraction of sp³-hybridized carbons (Fsp3) is 0.281. The number of pyridine rings is 2. The van der Waals surface area contributed by atoms with E-state index in [2.05, 4.69) is 15.6 Å². The smallest absolute Gasteiger partial charge is 0.259 e. The zero-order chi connectivity index (χ0) is 30.5. The van der Waals surface area contributed by atoms with Gasteiger partial charge in [0.25, 0.3) is 11.5 Å². The minimum absolute atomic E-state index is 0.0102. The van der Waals surface area contributed by atoms with Gasteiger partial charge in [-0.05, 0) is 61.4 Å². The van der Waals surface area contributed by atoms with E-state index in [4.69, 9.17) is 9.47 Å². The molecule has 0 radical (unpaired) electrons. The number of hydrogen-bond acceptors (Lipinski definition) is 6. The number of hydrogen-bond donors (Lipinski definition) is 2. The zero-order valence-corrected chi connectivity index (χ0v) is 25.0. The molecule has 4 aromatic rings. The van der Waals surface area contributed by atoms with Gasteiger partial charge in [0.15, 0.2) is 0 Å². The maximum absolute atomic E-state index is 14.7. The van der Waals surface area contributed by atoms with E-state index in [1.54, 1.807) is 50.4 Å². The highest BCUT2D eigenvalue weighted by molar-refractivity contribution is 6.02. The van der Waals surface area contributed by atoms with Crippen molar-refractivity contribution in [3.8, 4) is 17.2 Å². The van der Waals surface area contributed by atoms with Gasteiger partial charge in [-0.25, -0.2) is 4.39 Å². The Morgan fingerprint density at radius 2 is 1.61 bits per heavy atom. The van der Waals surface area contributed by atoms with Gasteiger partial charge >= 0.3 is 0 Å². The third-order valence-electron chi connectivity index (χ3n) is 5.73. The second kappa shape index (κ2) is 15.8. The van der Waals surface area contributed by atoms with E-state index < -0.39 is 17.3 Å². The lowest BCUT2D eigenvalue weighted by atomic mass is 10.1. The molecule has 1 amide bonds. The van der Waals surface area contributed by atoms with Crippen LogP contribution in [0.2, 0.25) is 0 Å². The number of nitrogens with one attached hydrogen (secondary N) is 2. The Balaban J connectivity index is 0.00000141. The number of carbonyl (C=O) groups is 1. The molecule has 41 heavy (non-hydrogen) atoms. The number of carbonyl (C=O) groups excluding carboxylic acids is 1. The average Bonchev–Trinajstić information content (AvgIpc) is 2.99. The van der Waals surface area contributed by atoms with Crippen LogP contribution >= 0.6 is 0 Å². The summed E-state index contributed by atoms with van der Waals surface area (Å²) in [5, 5.41) is 5.78. The van der Waals surface area contributed by atoms with Gasteiger partial charge in [-0.2, -0.15) is 0 Å². The number of anilines is 2. The van der Waals surface area contributed by atoms with Crippen molar-refractivity contribution in [2.24, 2.45) is 7.05 Å². The van der Waals surface area contributed by atoms with Gasteiger partial charge in [0.2, 0.25) is 0 Å². The average molecular weight is 563 g/mol. The molecule has 4 rings (SSSR count). The van der Waals surface area contributed by atoms with Crippen molar-refractivity contribution < 1.29 is 18.7 Å². The summed E-state index contributed by atoms with van der Waals surface area (Å²) in [6.45, 7) is 11.8. The molecule has 2 aromatic heterocycles. The van der Waals surface area contributed by atoms with Crippen LogP contribution in [0.25, 0.3) is 0 Å². The van der Waals surface area contributed by atoms with Crippen LogP contribution in [0.5, 0.6) is 17.2 Å². The van der Waals surface area contributed by atoms with Crippen molar-refractivity contribution in [1.82, 2.24) is 14.9 Å². The standard InChI is InChI=1S/C28H27FN4O4.2C2H6/c1-17-5-12-23(22(29)13-17)32-27-26(28(35)31-15-19-7-10-20(36-4)11-8-19)24(14-25(34)33(27)3)37-21-9-6-18(2)30-16-21;2*1-2/h5-14,16,32H,15H2,1-4H3,(H,31,35);2*1-2H3. The van der Waals surface area contributed by atoms with Gasteiger partial charge in [0, 0.05) is 25.4 Å². The predicted octanol–water partition coefficient (Wildman–Crippen LogP) is 7.06. The molecule has 0 atom stereocenters. The molecule has 9 heteroatoms. The van der Waals surface area contributed by atoms with E-state index >= 15 is 0 Å². The maximum atomic E-state index is 14.7. The number of methoxy groups -OCH3 is 1. The molecule has 0 aliphatic heterocycles. The van der Waals surface area contributed by atoms with Crippen LogP contribution < -0.4 is 25.7 Å². The van der Waals surface area contributed by atoms with E-state index in [9.17, 15) is 14.0 Å². The van der Waals surface area contributed by atoms with Crippen molar-refractivity contribution in [1.29, 1.82) is 0 Å². The molecule has 0 unspecified atom stereocenters. The Kier molecular flexibility index (Phi) is 12.6. The molecule has 0 aliphatic carbocycles. The number of halogens is 1. The monoisotopic (exact) mass is 562 g/mol. The third kappa shape index (κ3) is 8.66. The Hall–Kier alpha value is -4.66. The Labute approximate surface area is 241 Å². The molecule has 8 nitrogen and oxygen atoms in total. The number of amides is 1. The second-order valence-corrected chi connectivity index (χ2v) is 8.51. The van der Waals surface area contributed by atoms with Crippen molar-refractivity contribution in [2.45, 2.75) is 48.1 Å². The lowest BCUT2D eigenvalue weighted by molar-refractivity contribution is 0.0948. The Morgan fingerprint density at radius 3 is 2.20 bits per heavy atom. The number of aryl methyl sites for hydroxylation is 2. The summed E-state index contributed by atoms with van der Waals surface area (Å²) in [7, 11) is 3.07. The van der Waals surface area contributed by atoms with E-state index in [1.165, 1.54) is 29.9 Å². The number of aromatic nitrogens is 2. The molecule has 0 bridgehead atoms. The summed E-state index contributed by atoms with van der Waals surface area (Å²) in [6.07, 6.45) is 1.50. The number of nitrogens with zero attached hydrogens (tertiary/aromatic N) is 2. The quantitative estimate of drug-likeness (QED) is 0.239. The van der Waals surface area contributed by atoms with Gasteiger partial charge in [-0.1, -0.05) is 45.9 Å². The van der Waals surface area contributed by atoms with E-state index in [0.29, 0.717) is 11.5 Å². The van der Waals surface area contributed by atoms with Gasteiger partial charge in [0.1, 0.15) is 34.4 Å². The normalized spacial score (nSPS) is 9.88. The lowest BCUT2D eigenvalue weighted by Crippen LogP contribution is -2.29. The van der Waals surface area contributed by atoms with Crippen LogP contribution in [0.15, 0.2) is 71.7 Å². The predicted molar refractivity (Wildman–Crippen MR) is 162 cm³/mol. The molecule has 2 heterocycles. The first-order valence-corrected chi connectivity index (χ1v) is 13.5. The van der Waals surface area contributed by atoms with Gasteiger partial charge in [-0.3, -0.25) is 19.1 Å². The highest BCUT2D eigenvalue weighted by Gasteiger charge is 2.23. The Morgan fingerprint density at radius 1 is 0.951 bits per heavy atom. The second-order valence-electron chi connectivity index (χ2n) is 8.51. The largest absolute Gasteiger partial charge is 0.497 e. The van der Waals surface area contributed by atoms with Gasteiger partial charge in [0.05, 0.1) is 19.0 Å².